The maximum Gasteiger partial charge on any atom is 0.335 e. The summed E-state index contributed by atoms with van der Waals surface area (Å²) in [7, 11) is 1.39. The van der Waals surface area contributed by atoms with Crippen molar-refractivity contribution in [3.63, 3.8) is 0 Å². The highest BCUT2D eigenvalue weighted by Crippen LogP contribution is 2.35. The van der Waals surface area contributed by atoms with Crippen molar-refractivity contribution in [2.75, 3.05) is 12.0 Å². The number of carbonyl (C=O) groups is 3. The Morgan fingerprint density at radius 2 is 1.74 bits per heavy atom. The molecule has 1 fully saturated rings. The average Bonchev–Trinajstić information content (AvgIpc) is 2.59. The SMILES string of the molecule is COc1c(Cl)cc(Cl)cc1/C=C1\C(=O)NC(=O)N(c2ccccc2Cl)C1=O. The zero-order valence-corrected chi connectivity index (χ0v) is 16.0. The number of hydrogen-bond donors (Lipinski definition) is 1. The number of nitrogens with zero attached hydrogens (tertiary/aromatic N) is 1. The van der Waals surface area contributed by atoms with E-state index in [2.05, 4.69) is 5.32 Å². The number of ether oxygens (including phenoxy) is 1. The summed E-state index contributed by atoms with van der Waals surface area (Å²) in [5.74, 6) is -1.46. The van der Waals surface area contributed by atoms with Crippen molar-refractivity contribution in [1.29, 1.82) is 0 Å². The number of hydrogen-bond acceptors (Lipinski definition) is 4. The third-order valence-electron chi connectivity index (χ3n) is 3.74. The van der Waals surface area contributed by atoms with Crippen LogP contribution in [-0.4, -0.2) is 25.0 Å². The maximum absolute atomic E-state index is 12.9. The van der Waals surface area contributed by atoms with Gasteiger partial charge in [-0.05, 0) is 30.3 Å². The molecule has 1 saturated heterocycles. The number of halogens is 3. The Bertz CT molecular complexity index is 1000. The predicted molar refractivity (Wildman–Crippen MR) is 103 cm³/mol. The molecule has 27 heavy (non-hydrogen) atoms. The van der Waals surface area contributed by atoms with Gasteiger partial charge in [0.25, 0.3) is 11.8 Å². The highest BCUT2D eigenvalue weighted by atomic mass is 35.5. The number of carbonyl (C=O) groups excluding carboxylic acids is 3. The summed E-state index contributed by atoms with van der Waals surface area (Å²) >= 11 is 18.2. The molecule has 0 aliphatic carbocycles. The second kappa shape index (κ2) is 7.60. The number of nitrogens with one attached hydrogen (secondary N) is 1. The third-order valence-corrected chi connectivity index (χ3v) is 4.55. The molecular weight excluding hydrogens is 415 g/mol. The van der Waals surface area contributed by atoms with Crippen LogP contribution in [0.25, 0.3) is 6.08 Å². The summed E-state index contributed by atoms with van der Waals surface area (Å²) in [5.41, 5.74) is 0.157. The highest BCUT2D eigenvalue weighted by Gasteiger charge is 2.37. The van der Waals surface area contributed by atoms with Crippen molar-refractivity contribution in [1.82, 2.24) is 5.32 Å². The molecule has 1 aliphatic heterocycles. The lowest BCUT2D eigenvalue weighted by molar-refractivity contribution is -0.122. The summed E-state index contributed by atoms with van der Waals surface area (Å²) in [6.45, 7) is 0. The van der Waals surface area contributed by atoms with Crippen molar-refractivity contribution in [3.05, 3.63) is 62.6 Å². The molecule has 9 heteroatoms. The van der Waals surface area contributed by atoms with Crippen LogP contribution in [0.4, 0.5) is 10.5 Å². The van der Waals surface area contributed by atoms with E-state index in [0.717, 1.165) is 4.90 Å². The van der Waals surface area contributed by atoms with E-state index < -0.39 is 17.8 Å². The van der Waals surface area contributed by atoms with E-state index in [1.54, 1.807) is 12.1 Å². The molecule has 0 radical (unpaired) electrons. The first-order valence-corrected chi connectivity index (χ1v) is 8.66. The molecule has 0 atom stereocenters. The molecule has 4 amide bonds. The van der Waals surface area contributed by atoms with Crippen LogP contribution < -0.4 is 15.0 Å². The summed E-state index contributed by atoms with van der Waals surface area (Å²) in [4.78, 5) is 38.2. The van der Waals surface area contributed by atoms with E-state index in [1.807, 2.05) is 0 Å². The summed E-state index contributed by atoms with van der Waals surface area (Å²) < 4.78 is 5.22. The Hall–Kier alpha value is -2.54. The number of anilines is 1. The van der Waals surface area contributed by atoms with E-state index >= 15 is 0 Å². The molecule has 0 bridgehead atoms. The minimum atomic E-state index is -0.897. The molecule has 1 N–H and O–H groups in total. The molecule has 1 aliphatic rings. The maximum atomic E-state index is 12.9. The van der Waals surface area contributed by atoms with E-state index in [4.69, 9.17) is 39.5 Å². The predicted octanol–water partition coefficient (Wildman–Crippen LogP) is 4.32. The van der Waals surface area contributed by atoms with Gasteiger partial charge in [-0.3, -0.25) is 14.9 Å². The van der Waals surface area contributed by atoms with E-state index in [-0.39, 0.29) is 32.1 Å². The first-order valence-electron chi connectivity index (χ1n) is 7.52. The number of barbiturate groups is 1. The number of amides is 4. The molecule has 6 nitrogen and oxygen atoms in total. The molecule has 0 spiro atoms. The molecule has 0 saturated carbocycles. The van der Waals surface area contributed by atoms with Crippen LogP contribution in [0.3, 0.4) is 0 Å². The summed E-state index contributed by atoms with van der Waals surface area (Å²) in [5, 5.41) is 2.79. The van der Waals surface area contributed by atoms with E-state index in [9.17, 15) is 14.4 Å². The Balaban J connectivity index is 2.12. The Labute approximate surface area is 169 Å². The minimum absolute atomic E-state index is 0.149. The lowest BCUT2D eigenvalue weighted by Crippen LogP contribution is -2.54. The number of methoxy groups -OCH3 is 1. The van der Waals surface area contributed by atoms with Gasteiger partial charge >= 0.3 is 6.03 Å². The third kappa shape index (κ3) is 3.64. The van der Waals surface area contributed by atoms with Gasteiger partial charge in [-0.15, -0.1) is 0 Å². The molecule has 138 valence electrons. The molecular formula is C18H11Cl3N2O4. The van der Waals surface area contributed by atoms with Crippen molar-refractivity contribution in [2.45, 2.75) is 0 Å². The molecule has 2 aromatic rings. The number of para-hydroxylation sites is 1. The second-order valence-electron chi connectivity index (χ2n) is 5.42. The van der Waals surface area contributed by atoms with Crippen molar-refractivity contribution >= 4 is 64.4 Å². The van der Waals surface area contributed by atoms with Gasteiger partial charge in [0.1, 0.15) is 11.3 Å². The quantitative estimate of drug-likeness (QED) is 0.587. The number of benzene rings is 2. The van der Waals surface area contributed by atoms with Crippen molar-refractivity contribution < 1.29 is 19.1 Å². The van der Waals surface area contributed by atoms with Gasteiger partial charge in [-0.1, -0.05) is 46.9 Å². The average molecular weight is 426 g/mol. The van der Waals surface area contributed by atoms with Crippen LogP contribution >= 0.6 is 34.8 Å². The van der Waals surface area contributed by atoms with Crippen molar-refractivity contribution in [3.8, 4) is 5.75 Å². The first-order chi connectivity index (χ1) is 12.8. The van der Waals surface area contributed by atoms with Crippen LogP contribution in [0.2, 0.25) is 15.1 Å². The van der Waals surface area contributed by atoms with E-state index in [0.29, 0.717) is 5.56 Å². The van der Waals surface area contributed by atoms with Crippen LogP contribution in [0.1, 0.15) is 5.56 Å². The standard InChI is InChI=1S/C18H11Cl3N2O4/c1-27-15-9(6-10(19)8-13(15)21)7-11-16(24)22-18(26)23(17(11)25)14-5-3-2-4-12(14)20/h2-8H,1H3,(H,22,24,26)/b11-7+. The second-order valence-corrected chi connectivity index (χ2v) is 6.67. The van der Waals surface area contributed by atoms with Gasteiger partial charge in [-0.25, -0.2) is 9.69 Å². The summed E-state index contributed by atoms with van der Waals surface area (Å²) in [6, 6.07) is 8.33. The zero-order valence-electron chi connectivity index (χ0n) is 13.8. The van der Waals surface area contributed by atoms with Crippen LogP contribution in [-0.2, 0) is 9.59 Å². The lowest BCUT2D eigenvalue weighted by atomic mass is 10.1. The number of urea groups is 1. The van der Waals surface area contributed by atoms with E-state index in [1.165, 1.54) is 37.5 Å². The zero-order chi connectivity index (χ0) is 19.7. The fourth-order valence-corrected chi connectivity index (χ4v) is 3.37. The minimum Gasteiger partial charge on any atom is -0.495 e. The number of imide groups is 2. The molecule has 0 aromatic heterocycles. The Morgan fingerprint density at radius 3 is 2.41 bits per heavy atom. The van der Waals surface area contributed by atoms with Crippen LogP contribution in [0.15, 0.2) is 42.0 Å². The topological polar surface area (TPSA) is 75.7 Å². The molecule has 2 aromatic carbocycles. The fourth-order valence-electron chi connectivity index (χ4n) is 2.57. The van der Waals surface area contributed by atoms with Gasteiger partial charge in [0.15, 0.2) is 0 Å². The number of rotatable bonds is 3. The molecule has 0 unspecified atom stereocenters. The Morgan fingerprint density at radius 1 is 1.04 bits per heavy atom. The van der Waals surface area contributed by atoms with Gasteiger partial charge in [-0.2, -0.15) is 0 Å². The first kappa shape index (κ1) is 19.2. The van der Waals surface area contributed by atoms with Gasteiger partial charge in [0.05, 0.1) is 22.8 Å². The van der Waals surface area contributed by atoms with Crippen LogP contribution in [0.5, 0.6) is 5.75 Å². The largest absolute Gasteiger partial charge is 0.495 e. The summed E-state index contributed by atoms with van der Waals surface area (Å²) in [6.07, 6.45) is 1.25. The van der Waals surface area contributed by atoms with Gasteiger partial charge in [0, 0.05) is 10.6 Å². The van der Waals surface area contributed by atoms with Gasteiger partial charge < -0.3 is 4.74 Å². The monoisotopic (exact) mass is 424 g/mol. The van der Waals surface area contributed by atoms with Crippen molar-refractivity contribution in [2.24, 2.45) is 0 Å². The smallest absolute Gasteiger partial charge is 0.335 e. The van der Waals surface area contributed by atoms with Crippen LogP contribution in [0, 0.1) is 0 Å². The lowest BCUT2D eigenvalue weighted by Gasteiger charge is -2.27. The molecule has 3 rings (SSSR count). The normalized spacial score (nSPS) is 15.9. The van der Waals surface area contributed by atoms with Gasteiger partial charge in [0.2, 0.25) is 0 Å². The fraction of sp³-hybridized carbons (Fsp3) is 0.0556. The molecule has 1 heterocycles. The highest BCUT2D eigenvalue weighted by molar-refractivity contribution is 6.42. The Kier molecular flexibility index (Phi) is 5.41.